The number of methoxy groups -OCH3 is 1. The molecule has 0 spiro atoms. The van der Waals surface area contributed by atoms with E-state index < -0.39 is 24.0 Å². The number of carboxylic acids is 1. The number of hydrogen-bond donors (Lipinski definition) is 2. The average Bonchev–Trinajstić information content (AvgIpc) is 3.50. The first-order valence-corrected chi connectivity index (χ1v) is 11.6. The zero-order valence-electron chi connectivity index (χ0n) is 19.0. The van der Waals surface area contributed by atoms with E-state index in [-0.39, 0.29) is 43.4 Å². The number of rotatable bonds is 8. The van der Waals surface area contributed by atoms with Crippen LogP contribution >= 0.6 is 0 Å². The highest BCUT2D eigenvalue weighted by atomic mass is 16.5. The van der Waals surface area contributed by atoms with Crippen molar-refractivity contribution < 1.29 is 29.0 Å². The summed E-state index contributed by atoms with van der Waals surface area (Å²) in [5.74, 6) is -1.74. The van der Waals surface area contributed by atoms with Gasteiger partial charge >= 0.3 is 12.1 Å². The molecule has 2 saturated heterocycles. The smallest absolute Gasteiger partial charge is 0.407 e. The maximum atomic E-state index is 13.2. The quantitative estimate of drug-likeness (QED) is 0.623. The fourth-order valence-electron chi connectivity index (χ4n) is 5.71. The Morgan fingerprint density at radius 3 is 2.32 bits per heavy atom. The zero-order valence-corrected chi connectivity index (χ0v) is 19.0. The van der Waals surface area contributed by atoms with Crippen LogP contribution in [-0.2, 0) is 19.1 Å². The van der Waals surface area contributed by atoms with Gasteiger partial charge in [-0.1, -0.05) is 48.5 Å². The molecule has 8 nitrogen and oxygen atoms in total. The van der Waals surface area contributed by atoms with Crippen LogP contribution in [0.1, 0.15) is 29.9 Å². The van der Waals surface area contributed by atoms with E-state index in [1.54, 1.807) is 4.90 Å². The second kappa shape index (κ2) is 9.10. The molecule has 34 heavy (non-hydrogen) atoms. The first-order chi connectivity index (χ1) is 16.5. The topological polar surface area (TPSA) is 105 Å². The van der Waals surface area contributed by atoms with E-state index in [1.165, 1.54) is 7.11 Å². The highest BCUT2D eigenvalue weighted by Crippen LogP contribution is 2.47. The molecule has 2 aromatic rings. The van der Waals surface area contributed by atoms with Crippen LogP contribution in [0.5, 0.6) is 0 Å². The molecular formula is C26H28N2O6. The van der Waals surface area contributed by atoms with Crippen LogP contribution in [-0.4, -0.2) is 66.9 Å². The van der Waals surface area contributed by atoms with Gasteiger partial charge in [0.15, 0.2) is 0 Å². The van der Waals surface area contributed by atoms with Crippen molar-refractivity contribution >= 4 is 18.0 Å². The Morgan fingerprint density at radius 2 is 1.74 bits per heavy atom. The number of nitrogens with zero attached hydrogens (tertiary/aromatic N) is 1. The van der Waals surface area contributed by atoms with Crippen molar-refractivity contribution in [3.63, 3.8) is 0 Å². The Kier molecular flexibility index (Phi) is 6.00. The third-order valence-electron chi connectivity index (χ3n) is 7.41. The van der Waals surface area contributed by atoms with Gasteiger partial charge in [0.2, 0.25) is 5.91 Å². The Hall–Kier alpha value is -3.39. The Labute approximate surface area is 197 Å². The molecule has 8 heteroatoms. The molecule has 3 fully saturated rings. The largest absolute Gasteiger partial charge is 0.481 e. The Bertz CT molecular complexity index is 1070. The predicted octanol–water partition coefficient (Wildman–Crippen LogP) is 2.86. The molecule has 4 aliphatic rings. The SMILES string of the molecule is COCCC(NC(=O)OCC1c2ccccc2-c2ccccc21)C(=O)N1CC2CC1C2C(=O)O. The zero-order chi connectivity index (χ0) is 23.8. The summed E-state index contributed by atoms with van der Waals surface area (Å²) >= 11 is 0. The van der Waals surface area contributed by atoms with Crippen LogP contribution in [0, 0.1) is 11.8 Å². The second-order valence-electron chi connectivity index (χ2n) is 9.22. The molecule has 6 rings (SSSR count). The maximum Gasteiger partial charge on any atom is 0.407 e. The summed E-state index contributed by atoms with van der Waals surface area (Å²) in [4.78, 5) is 39.0. The van der Waals surface area contributed by atoms with Gasteiger partial charge in [-0.25, -0.2) is 4.79 Å². The normalized spacial score (nSPS) is 23.0. The van der Waals surface area contributed by atoms with Crippen molar-refractivity contribution in [2.45, 2.75) is 30.8 Å². The molecular weight excluding hydrogens is 436 g/mol. The number of carboxylic acid groups (broad SMARTS) is 1. The van der Waals surface area contributed by atoms with E-state index in [2.05, 4.69) is 17.4 Å². The monoisotopic (exact) mass is 464 g/mol. The molecule has 2 amide bonds. The third kappa shape index (κ3) is 3.81. The minimum absolute atomic E-state index is 0.0102. The van der Waals surface area contributed by atoms with Gasteiger partial charge in [0.25, 0.3) is 0 Å². The molecule has 0 aromatic heterocycles. The van der Waals surface area contributed by atoms with Gasteiger partial charge < -0.3 is 24.8 Å². The summed E-state index contributed by atoms with van der Waals surface area (Å²) < 4.78 is 10.7. The van der Waals surface area contributed by atoms with Gasteiger partial charge in [-0.15, -0.1) is 0 Å². The van der Waals surface area contributed by atoms with E-state index in [1.807, 2.05) is 36.4 Å². The fourth-order valence-corrected chi connectivity index (χ4v) is 5.71. The molecule has 1 saturated carbocycles. The van der Waals surface area contributed by atoms with Gasteiger partial charge in [-0.2, -0.15) is 0 Å². The van der Waals surface area contributed by atoms with E-state index >= 15 is 0 Å². The van der Waals surface area contributed by atoms with Gasteiger partial charge in [-0.3, -0.25) is 9.59 Å². The molecule has 2 heterocycles. The number of amides is 2. The molecule has 2 aromatic carbocycles. The summed E-state index contributed by atoms with van der Waals surface area (Å²) in [5, 5.41) is 12.1. The van der Waals surface area contributed by atoms with E-state index in [9.17, 15) is 19.5 Å². The summed E-state index contributed by atoms with van der Waals surface area (Å²) in [6.07, 6.45) is 0.313. The van der Waals surface area contributed by atoms with Crippen LogP contribution in [0.15, 0.2) is 48.5 Å². The van der Waals surface area contributed by atoms with Crippen molar-refractivity contribution in [1.82, 2.24) is 10.2 Å². The van der Waals surface area contributed by atoms with Crippen molar-refractivity contribution in [3.8, 4) is 11.1 Å². The molecule has 178 valence electrons. The minimum Gasteiger partial charge on any atom is -0.481 e. The lowest BCUT2D eigenvalue weighted by molar-refractivity contribution is -0.148. The lowest BCUT2D eigenvalue weighted by atomic mass is 9.74. The number of ether oxygens (including phenoxy) is 2. The average molecular weight is 465 g/mol. The van der Waals surface area contributed by atoms with Crippen LogP contribution < -0.4 is 5.32 Å². The number of benzene rings is 2. The van der Waals surface area contributed by atoms with Crippen molar-refractivity contribution in [2.75, 3.05) is 26.9 Å². The number of nitrogens with one attached hydrogen (secondary N) is 1. The van der Waals surface area contributed by atoms with Crippen molar-refractivity contribution in [2.24, 2.45) is 11.8 Å². The minimum atomic E-state index is -0.866. The van der Waals surface area contributed by atoms with Gasteiger partial charge in [0.1, 0.15) is 12.6 Å². The molecule has 2 bridgehead atoms. The third-order valence-corrected chi connectivity index (χ3v) is 7.41. The highest BCUT2D eigenvalue weighted by Gasteiger charge is 2.57. The molecule has 0 radical (unpaired) electrons. The van der Waals surface area contributed by atoms with Gasteiger partial charge in [-0.05, 0) is 34.6 Å². The number of alkyl carbamates (subject to hydrolysis) is 1. The Balaban J connectivity index is 1.24. The number of carbonyl (C=O) groups excluding carboxylic acids is 2. The van der Waals surface area contributed by atoms with Crippen LogP contribution in [0.4, 0.5) is 4.79 Å². The van der Waals surface area contributed by atoms with Crippen LogP contribution in [0.2, 0.25) is 0 Å². The van der Waals surface area contributed by atoms with Crippen LogP contribution in [0.3, 0.4) is 0 Å². The maximum absolute atomic E-state index is 13.2. The molecule has 4 unspecified atom stereocenters. The number of hydrogen-bond acceptors (Lipinski definition) is 5. The van der Waals surface area contributed by atoms with E-state index in [4.69, 9.17) is 9.47 Å². The number of carbonyl (C=O) groups is 3. The molecule has 2 aliphatic carbocycles. The standard InChI is InChI=1S/C26H28N2O6/c1-33-11-10-21(24(29)28-13-15-12-22(28)23(15)25(30)31)27-26(32)34-14-20-18-8-4-2-6-16(18)17-7-3-5-9-19(17)20/h2-9,15,20-23H,10-14H2,1H3,(H,27,32)(H,30,31). The second-order valence-corrected chi connectivity index (χ2v) is 9.22. The molecule has 2 aliphatic heterocycles. The van der Waals surface area contributed by atoms with Gasteiger partial charge in [0.05, 0.1) is 5.92 Å². The van der Waals surface area contributed by atoms with Crippen LogP contribution in [0.25, 0.3) is 11.1 Å². The molecule has 4 atom stereocenters. The fraction of sp³-hybridized carbons (Fsp3) is 0.423. The van der Waals surface area contributed by atoms with Crippen molar-refractivity contribution in [3.05, 3.63) is 59.7 Å². The summed E-state index contributed by atoms with van der Waals surface area (Å²) in [6.45, 7) is 0.848. The summed E-state index contributed by atoms with van der Waals surface area (Å²) in [5.41, 5.74) is 4.50. The lowest BCUT2D eigenvalue weighted by Gasteiger charge is -2.34. The van der Waals surface area contributed by atoms with Gasteiger partial charge in [0, 0.05) is 38.6 Å². The van der Waals surface area contributed by atoms with E-state index in [0.717, 1.165) is 22.3 Å². The molecule has 2 N–H and O–H groups in total. The van der Waals surface area contributed by atoms with Crippen molar-refractivity contribution in [1.29, 1.82) is 0 Å². The Morgan fingerprint density at radius 1 is 1.09 bits per heavy atom. The van der Waals surface area contributed by atoms with E-state index in [0.29, 0.717) is 13.0 Å². The predicted molar refractivity (Wildman–Crippen MR) is 123 cm³/mol. The summed E-state index contributed by atoms with van der Waals surface area (Å²) in [6, 6.07) is 15.0. The lowest BCUT2D eigenvalue weighted by Crippen LogP contribution is -2.52. The number of aliphatic carboxylic acids is 1. The first-order valence-electron chi connectivity index (χ1n) is 11.6. The number of fused-ring (bicyclic) bond motifs is 4. The summed E-state index contributed by atoms with van der Waals surface area (Å²) in [7, 11) is 1.53. The highest BCUT2D eigenvalue weighted by molar-refractivity contribution is 5.88. The first kappa shape index (κ1) is 22.4.